The second-order valence-corrected chi connectivity index (χ2v) is 10.5. The second-order valence-electron chi connectivity index (χ2n) is 8.65. The molecule has 1 fully saturated rings. The minimum Gasteiger partial charge on any atom is -0.336 e. The number of hydrogen-bond acceptors (Lipinski definition) is 4. The van der Waals surface area contributed by atoms with Crippen LogP contribution in [0.2, 0.25) is 10.0 Å². The van der Waals surface area contributed by atoms with Crippen LogP contribution in [0.3, 0.4) is 0 Å². The molecule has 5 aromatic rings. The van der Waals surface area contributed by atoms with Gasteiger partial charge in [-0.2, -0.15) is 0 Å². The van der Waals surface area contributed by atoms with E-state index in [9.17, 15) is 4.79 Å². The Morgan fingerprint density at radius 3 is 2.43 bits per heavy atom. The average Bonchev–Trinajstić information content (AvgIpc) is 3.41. The summed E-state index contributed by atoms with van der Waals surface area (Å²) < 4.78 is 3.39. The predicted molar refractivity (Wildman–Crippen MR) is 144 cm³/mol. The zero-order chi connectivity index (χ0) is 23.9. The molecule has 0 N–H and O–H groups in total. The van der Waals surface area contributed by atoms with Crippen LogP contribution in [0.15, 0.2) is 72.8 Å². The van der Waals surface area contributed by atoms with Gasteiger partial charge in [0.15, 0.2) is 4.96 Å². The Kier molecular flexibility index (Phi) is 5.98. The maximum atomic E-state index is 13.0. The molecule has 0 unspecified atom stereocenters. The van der Waals surface area contributed by atoms with Gasteiger partial charge in [0.1, 0.15) is 0 Å². The molecule has 3 aromatic carbocycles. The lowest BCUT2D eigenvalue weighted by atomic mass is 10.1. The van der Waals surface area contributed by atoms with Crippen molar-refractivity contribution in [2.24, 2.45) is 0 Å². The van der Waals surface area contributed by atoms with Crippen LogP contribution < -0.4 is 0 Å². The Hall–Kier alpha value is -2.90. The number of nitrogens with zero attached hydrogens (tertiary/aromatic N) is 4. The average molecular weight is 521 g/mol. The number of piperazine rings is 1. The number of benzene rings is 3. The van der Waals surface area contributed by atoms with Crippen molar-refractivity contribution in [1.29, 1.82) is 0 Å². The maximum Gasteiger partial charge on any atom is 0.255 e. The van der Waals surface area contributed by atoms with E-state index >= 15 is 0 Å². The topological polar surface area (TPSA) is 40.9 Å². The number of rotatable bonds is 4. The molecule has 0 atom stereocenters. The molecule has 0 radical (unpaired) electrons. The molecule has 3 heterocycles. The number of fused-ring (bicyclic) bond motifs is 3. The van der Waals surface area contributed by atoms with Crippen LogP contribution in [-0.4, -0.2) is 51.3 Å². The lowest BCUT2D eigenvalue weighted by Crippen LogP contribution is -2.48. The Balaban J connectivity index is 1.30. The molecule has 5 nitrogen and oxygen atoms in total. The van der Waals surface area contributed by atoms with E-state index in [4.69, 9.17) is 28.2 Å². The number of hydrogen-bond donors (Lipinski definition) is 0. The van der Waals surface area contributed by atoms with E-state index < -0.39 is 0 Å². The van der Waals surface area contributed by atoms with Gasteiger partial charge in [0.2, 0.25) is 0 Å². The molecule has 35 heavy (non-hydrogen) atoms. The van der Waals surface area contributed by atoms with Crippen molar-refractivity contribution >= 4 is 55.6 Å². The van der Waals surface area contributed by atoms with Crippen molar-refractivity contribution in [3.05, 3.63) is 94.1 Å². The molecule has 176 valence electrons. The Bertz CT molecular complexity index is 1540. The largest absolute Gasteiger partial charge is 0.336 e. The van der Waals surface area contributed by atoms with Crippen molar-refractivity contribution in [2.45, 2.75) is 6.54 Å². The zero-order valence-corrected chi connectivity index (χ0v) is 21.2. The fraction of sp³-hybridized carbons (Fsp3) is 0.185. The number of amides is 1. The van der Waals surface area contributed by atoms with E-state index in [1.165, 1.54) is 0 Å². The summed E-state index contributed by atoms with van der Waals surface area (Å²) in [5.74, 6) is -0.00678. The highest BCUT2D eigenvalue weighted by molar-refractivity contribution is 7.23. The SMILES string of the molecule is O=C(c1ccccc1Cl)N1CCN(Cc2c(-c3ccccc3)nc3sc4cc(Cl)ccc4n23)CC1. The Morgan fingerprint density at radius 1 is 0.914 bits per heavy atom. The van der Waals surface area contributed by atoms with Crippen molar-refractivity contribution in [2.75, 3.05) is 26.2 Å². The third-order valence-corrected chi connectivity index (χ3v) is 8.06. The standard InChI is InChI=1S/C27H22Cl2N4OS/c28-19-10-11-22-24(16-19)35-27-30-25(18-6-2-1-3-7-18)23(33(22)27)17-31-12-14-32(15-13-31)26(34)20-8-4-5-9-21(20)29/h1-11,16H,12-15,17H2. The fourth-order valence-electron chi connectivity index (χ4n) is 4.70. The highest BCUT2D eigenvalue weighted by Gasteiger charge is 2.26. The van der Waals surface area contributed by atoms with Crippen molar-refractivity contribution in [3.8, 4) is 11.3 Å². The van der Waals surface area contributed by atoms with E-state index in [1.54, 1.807) is 23.5 Å². The molecule has 1 aliphatic heterocycles. The van der Waals surface area contributed by atoms with Gasteiger partial charge in [0, 0.05) is 43.3 Å². The maximum absolute atomic E-state index is 13.0. The molecule has 1 amide bonds. The first-order valence-electron chi connectivity index (χ1n) is 11.5. The van der Waals surface area contributed by atoms with Crippen LogP contribution in [0, 0.1) is 0 Å². The molecule has 0 spiro atoms. The first kappa shape index (κ1) is 22.6. The summed E-state index contributed by atoms with van der Waals surface area (Å²) in [5, 5.41) is 1.23. The Labute approximate surface area is 217 Å². The van der Waals surface area contributed by atoms with Crippen LogP contribution in [0.25, 0.3) is 26.4 Å². The van der Waals surface area contributed by atoms with Crippen LogP contribution in [-0.2, 0) is 6.54 Å². The van der Waals surface area contributed by atoms with Crippen molar-refractivity contribution < 1.29 is 4.79 Å². The fourth-order valence-corrected chi connectivity index (χ4v) is 6.24. The molecule has 0 bridgehead atoms. The summed E-state index contributed by atoms with van der Waals surface area (Å²) in [6.45, 7) is 3.63. The van der Waals surface area contributed by atoms with E-state index in [-0.39, 0.29) is 5.91 Å². The smallest absolute Gasteiger partial charge is 0.255 e. The first-order valence-corrected chi connectivity index (χ1v) is 13.1. The number of thiazole rings is 1. The van der Waals surface area contributed by atoms with Crippen LogP contribution >= 0.6 is 34.5 Å². The number of carbonyl (C=O) groups excluding carboxylic acids is 1. The normalized spacial score (nSPS) is 14.7. The highest BCUT2D eigenvalue weighted by atomic mass is 35.5. The van der Waals surface area contributed by atoms with E-state index in [0.29, 0.717) is 23.7 Å². The summed E-state index contributed by atoms with van der Waals surface area (Å²) >= 11 is 14.2. The van der Waals surface area contributed by atoms with Gasteiger partial charge in [0.25, 0.3) is 5.91 Å². The monoisotopic (exact) mass is 520 g/mol. The second kappa shape index (κ2) is 9.28. The minimum absolute atomic E-state index is 0.00678. The summed E-state index contributed by atoms with van der Waals surface area (Å²) in [5.41, 5.74) is 4.95. The first-order chi connectivity index (χ1) is 17.1. The van der Waals surface area contributed by atoms with E-state index in [2.05, 4.69) is 27.5 Å². The number of halogens is 2. The van der Waals surface area contributed by atoms with E-state index in [1.807, 2.05) is 47.4 Å². The number of imidazole rings is 1. The van der Waals surface area contributed by atoms with Crippen molar-refractivity contribution in [3.63, 3.8) is 0 Å². The van der Waals surface area contributed by atoms with Gasteiger partial charge in [-0.05, 0) is 30.3 Å². The number of aromatic nitrogens is 2. The summed E-state index contributed by atoms with van der Waals surface area (Å²) in [6.07, 6.45) is 0. The molecular formula is C27H22Cl2N4OS. The highest BCUT2D eigenvalue weighted by Crippen LogP contribution is 2.35. The molecule has 0 aliphatic carbocycles. The summed E-state index contributed by atoms with van der Waals surface area (Å²) in [6, 6.07) is 23.6. The van der Waals surface area contributed by atoms with E-state index in [0.717, 1.165) is 56.8 Å². The molecule has 6 rings (SSSR count). The van der Waals surface area contributed by atoms with Crippen molar-refractivity contribution in [1.82, 2.24) is 19.2 Å². The molecular weight excluding hydrogens is 499 g/mol. The van der Waals surface area contributed by atoms with Gasteiger partial charge < -0.3 is 4.90 Å². The van der Waals surface area contributed by atoms with Crippen LogP contribution in [0.4, 0.5) is 0 Å². The van der Waals surface area contributed by atoms with Gasteiger partial charge in [-0.3, -0.25) is 14.1 Å². The van der Waals surface area contributed by atoms with Crippen LogP contribution in [0.5, 0.6) is 0 Å². The van der Waals surface area contributed by atoms with Gasteiger partial charge >= 0.3 is 0 Å². The third kappa shape index (κ3) is 4.21. The number of carbonyl (C=O) groups is 1. The van der Waals surface area contributed by atoms with Gasteiger partial charge in [-0.1, -0.05) is 77.0 Å². The van der Waals surface area contributed by atoms with Gasteiger partial charge in [-0.25, -0.2) is 4.98 Å². The molecule has 1 saturated heterocycles. The molecule has 1 aliphatic rings. The summed E-state index contributed by atoms with van der Waals surface area (Å²) in [4.78, 5) is 23.3. The minimum atomic E-state index is -0.00678. The predicted octanol–water partition coefficient (Wildman–Crippen LogP) is 6.48. The zero-order valence-electron chi connectivity index (χ0n) is 18.8. The molecule has 0 saturated carbocycles. The lowest BCUT2D eigenvalue weighted by molar-refractivity contribution is 0.0627. The molecule has 8 heteroatoms. The molecule has 2 aromatic heterocycles. The lowest BCUT2D eigenvalue weighted by Gasteiger charge is -2.35. The Morgan fingerprint density at radius 2 is 1.66 bits per heavy atom. The van der Waals surface area contributed by atoms with Gasteiger partial charge in [0.05, 0.1) is 32.2 Å². The third-order valence-electron chi connectivity index (χ3n) is 6.49. The quantitative estimate of drug-likeness (QED) is 0.272. The summed E-state index contributed by atoms with van der Waals surface area (Å²) in [7, 11) is 0. The van der Waals surface area contributed by atoms with Gasteiger partial charge in [-0.15, -0.1) is 0 Å². The van der Waals surface area contributed by atoms with Crippen LogP contribution in [0.1, 0.15) is 16.1 Å².